The SMILES string of the molecule is O=C([O-])CCCC(=O)Nc1nc2n(n1)[C@@H](c1ccc(Cl)cc1)C=C(c1ccccc1)N2. The fraction of sp³-hybridized carbons (Fsp3) is 0.182. The predicted molar refractivity (Wildman–Crippen MR) is 115 cm³/mol. The number of carboxylic acids is 1. The van der Waals surface area contributed by atoms with E-state index in [1.165, 1.54) is 0 Å². The zero-order valence-electron chi connectivity index (χ0n) is 16.4. The zero-order chi connectivity index (χ0) is 21.8. The first kappa shape index (κ1) is 20.6. The van der Waals surface area contributed by atoms with Crippen LogP contribution in [0.5, 0.6) is 0 Å². The number of aliphatic carboxylic acids is 1. The molecular formula is C22H19ClN5O3-. The number of aromatic nitrogens is 3. The van der Waals surface area contributed by atoms with E-state index in [9.17, 15) is 14.7 Å². The van der Waals surface area contributed by atoms with E-state index in [-0.39, 0.29) is 37.2 Å². The Labute approximate surface area is 183 Å². The van der Waals surface area contributed by atoms with E-state index in [1.807, 2.05) is 60.7 Å². The van der Waals surface area contributed by atoms with Gasteiger partial charge in [-0.3, -0.25) is 10.1 Å². The number of hydrogen-bond donors (Lipinski definition) is 2. The number of rotatable bonds is 7. The molecule has 3 aromatic rings. The van der Waals surface area contributed by atoms with Gasteiger partial charge in [0, 0.05) is 23.1 Å². The third kappa shape index (κ3) is 4.92. The van der Waals surface area contributed by atoms with Crippen LogP contribution in [0.1, 0.15) is 36.4 Å². The number of halogens is 1. The number of carboxylic acid groups (broad SMARTS) is 1. The maximum atomic E-state index is 12.1. The number of allylic oxidation sites excluding steroid dienone is 1. The highest BCUT2D eigenvalue weighted by molar-refractivity contribution is 6.30. The summed E-state index contributed by atoms with van der Waals surface area (Å²) >= 11 is 6.05. The van der Waals surface area contributed by atoms with Gasteiger partial charge >= 0.3 is 0 Å². The second kappa shape index (κ2) is 9.01. The second-order valence-corrected chi connectivity index (χ2v) is 7.48. The Morgan fingerprint density at radius 1 is 1.10 bits per heavy atom. The third-order valence-electron chi connectivity index (χ3n) is 4.80. The van der Waals surface area contributed by atoms with Crippen LogP contribution in [0, 0.1) is 0 Å². The number of carbonyl (C=O) groups excluding carboxylic acids is 2. The van der Waals surface area contributed by atoms with E-state index in [2.05, 4.69) is 20.7 Å². The summed E-state index contributed by atoms with van der Waals surface area (Å²) in [6, 6.07) is 17.0. The van der Waals surface area contributed by atoms with Crippen molar-refractivity contribution in [2.24, 2.45) is 0 Å². The van der Waals surface area contributed by atoms with Crippen molar-refractivity contribution in [2.45, 2.75) is 25.3 Å². The van der Waals surface area contributed by atoms with Crippen molar-refractivity contribution in [1.82, 2.24) is 14.8 Å². The van der Waals surface area contributed by atoms with Crippen molar-refractivity contribution >= 4 is 41.1 Å². The molecule has 2 aromatic carbocycles. The second-order valence-electron chi connectivity index (χ2n) is 7.05. The molecule has 1 aliphatic heterocycles. The average molecular weight is 437 g/mol. The van der Waals surface area contributed by atoms with Gasteiger partial charge in [0.25, 0.3) is 5.95 Å². The molecule has 0 bridgehead atoms. The molecule has 8 nitrogen and oxygen atoms in total. The molecule has 0 unspecified atom stereocenters. The number of anilines is 2. The molecule has 158 valence electrons. The van der Waals surface area contributed by atoms with Gasteiger partial charge < -0.3 is 15.2 Å². The highest BCUT2D eigenvalue weighted by atomic mass is 35.5. The van der Waals surface area contributed by atoms with Crippen molar-refractivity contribution < 1.29 is 14.7 Å². The molecule has 0 radical (unpaired) electrons. The molecule has 2 heterocycles. The summed E-state index contributed by atoms with van der Waals surface area (Å²) in [5, 5.41) is 21.5. The lowest BCUT2D eigenvalue weighted by Crippen LogP contribution is -2.22. The molecule has 2 N–H and O–H groups in total. The van der Waals surface area contributed by atoms with E-state index in [4.69, 9.17) is 11.6 Å². The van der Waals surface area contributed by atoms with Crippen LogP contribution in [0.3, 0.4) is 0 Å². The Morgan fingerprint density at radius 2 is 1.84 bits per heavy atom. The number of carbonyl (C=O) groups is 2. The molecule has 31 heavy (non-hydrogen) atoms. The average Bonchev–Trinajstić information content (AvgIpc) is 3.16. The number of benzene rings is 2. The van der Waals surface area contributed by atoms with Crippen molar-refractivity contribution in [3.63, 3.8) is 0 Å². The molecule has 1 atom stereocenters. The number of amides is 1. The Kier molecular flexibility index (Phi) is 5.99. The van der Waals surface area contributed by atoms with Gasteiger partial charge in [-0.2, -0.15) is 4.98 Å². The maximum absolute atomic E-state index is 12.1. The minimum Gasteiger partial charge on any atom is -0.550 e. The third-order valence-corrected chi connectivity index (χ3v) is 5.05. The molecule has 0 fully saturated rings. The van der Waals surface area contributed by atoms with E-state index >= 15 is 0 Å². The lowest BCUT2D eigenvalue weighted by atomic mass is 10.0. The summed E-state index contributed by atoms with van der Waals surface area (Å²) in [7, 11) is 0. The van der Waals surface area contributed by atoms with Crippen LogP contribution in [-0.4, -0.2) is 26.6 Å². The maximum Gasteiger partial charge on any atom is 0.250 e. The zero-order valence-corrected chi connectivity index (χ0v) is 17.2. The molecule has 0 aliphatic carbocycles. The van der Waals surface area contributed by atoms with Gasteiger partial charge in [0.2, 0.25) is 11.9 Å². The normalized spacial score (nSPS) is 14.9. The van der Waals surface area contributed by atoms with Gasteiger partial charge in [-0.05, 0) is 42.2 Å². The van der Waals surface area contributed by atoms with E-state index in [0.29, 0.717) is 11.0 Å². The summed E-state index contributed by atoms with van der Waals surface area (Å²) in [5.41, 5.74) is 2.81. The van der Waals surface area contributed by atoms with Crippen LogP contribution in [0.4, 0.5) is 11.9 Å². The smallest absolute Gasteiger partial charge is 0.250 e. The number of fused-ring (bicyclic) bond motifs is 1. The summed E-state index contributed by atoms with van der Waals surface area (Å²) in [6.07, 6.45) is 2.09. The van der Waals surface area contributed by atoms with Crippen molar-refractivity contribution in [3.8, 4) is 0 Å². The lowest BCUT2D eigenvalue weighted by molar-refractivity contribution is -0.305. The largest absolute Gasteiger partial charge is 0.550 e. The molecule has 0 saturated heterocycles. The molecule has 0 saturated carbocycles. The van der Waals surface area contributed by atoms with Gasteiger partial charge in [0.05, 0.1) is 0 Å². The van der Waals surface area contributed by atoms with Gasteiger partial charge in [0.15, 0.2) is 0 Å². The predicted octanol–water partition coefficient (Wildman–Crippen LogP) is 2.85. The molecule has 1 amide bonds. The van der Waals surface area contributed by atoms with Crippen LogP contribution in [0.25, 0.3) is 5.70 Å². The van der Waals surface area contributed by atoms with Crippen LogP contribution in [0.15, 0.2) is 60.7 Å². The monoisotopic (exact) mass is 436 g/mol. The minimum absolute atomic E-state index is 0.0411. The van der Waals surface area contributed by atoms with Crippen LogP contribution >= 0.6 is 11.6 Å². The van der Waals surface area contributed by atoms with Crippen LogP contribution in [-0.2, 0) is 9.59 Å². The summed E-state index contributed by atoms with van der Waals surface area (Å²) in [5.74, 6) is -0.921. The van der Waals surface area contributed by atoms with E-state index in [1.54, 1.807) is 4.68 Å². The quantitative estimate of drug-likeness (QED) is 0.589. The number of nitrogens with one attached hydrogen (secondary N) is 2. The number of hydrogen-bond acceptors (Lipinski definition) is 6. The van der Waals surface area contributed by atoms with Gasteiger partial charge in [-0.1, -0.05) is 54.1 Å². The van der Waals surface area contributed by atoms with Gasteiger partial charge in [-0.15, -0.1) is 5.10 Å². The molecule has 1 aliphatic rings. The Hall–Kier alpha value is -3.65. The first-order valence-corrected chi connectivity index (χ1v) is 10.1. The summed E-state index contributed by atoms with van der Waals surface area (Å²) in [4.78, 5) is 27.1. The Balaban J connectivity index is 1.61. The van der Waals surface area contributed by atoms with Gasteiger partial charge in [0.1, 0.15) is 6.04 Å². The lowest BCUT2D eigenvalue weighted by Gasteiger charge is -2.24. The van der Waals surface area contributed by atoms with Crippen molar-refractivity contribution in [3.05, 3.63) is 76.8 Å². The van der Waals surface area contributed by atoms with Crippen LogP contribution in [0.2, 0.25) is 5.02 Å². The summed E-state index contributed by atoms with van der Waals surface area (Å²) < 4.78 is 1.69. The topological polar surface area (TPSA) is 112 Å². The minimum atomic E-state index is -1.18. The first-order chi connectivity index (χ1) is 15.0. The fourth-order valence-corrected chi connectivity index (χ4v) is 3.44. The standard InChI is InChI=1S/C22H20ClN5O3/c23-16-11-9-15(10-12-16)18-13-17(14-5-2-1-3-6-14)24-22-26-21(27-28(18)22)25-19(29)7-4-8-20(30)31/h1-3,5-6,9-13,18H,4,7-8H2,(H,30,31)(H2,24,25,26,27,29)/p-1/t18-/m1/s1. The molecule has 9 heteroatoms. The van der Waals surface area contributed by atoms with E-state index < -0.39 is 5.97 Å². The Bertz CT molecular complexity index is 1130. The van der Waals surface area contributed by atoms with E-state index in [0.717, 1.165) is 16.8 Å². The first-order valence-electron chi connectivity index (χ1n) is 9.75. The molecule has 0 spiro atoms. The molecular weight excluding hydrogens is 418 g/mol. The molecule has 1 aromatic heterocycles. The van der Waals surface area contributed by atoms with Gasteiger partial charge in [-0.25, -0.2) is 4.68 Å². The van der Waals surface area contributed by atoms with Crippen LogP contribution < -0.4 is 15.7 Å². The Morgan fingerprint density at radius 3 is 2.55 bits per heavy atom. The van der Waals surface area contributed by atoms with Crippen molar-refractivity contribution in [1.29, 1.82) is 0 Å². The highest BCUT2D eigenvalue weighted by Gasteiger charge is 2.25. The number of nitrogens with zero attached hydrogens (tertiary/aromatic N) is 3. The summed E-state index contributed by atoms with van der Waals surface area (Å²) in [6.45, 7) is 0. The fourth-order valence-electron chi connectivity index (χ4n) is 3.31. The molecule has 4 rings (SSSR count). The van der Waals surface area contributed by atoms with Crippen molar-refractivity contribution in [2.75, 3.05) is 10.6 Å². The highest BCUT2D eigenvalue weighted by Crippen LogP contribution is 2.33.